The lowest BCUT2D eigenvalue weighted by molar-refractivity contribution is 0.0498. The number of furan rings is 1. The highest BCUT2D eigenvalue weighted by Gasteiger charge is 2.11. The lowest BCUT2D eigenvalue weighted by atomic mass is 10.1. The Labute approximate surface area is 213 Å². The molecule has 0 fully saturated rings. The Balaban J connectivity index is 1.38. The van der Waals surface area contributed by atoms with Gasteiger partial charge in [0.05, 0.1) is 12.2 Å². The van der Waals surface area contributed by atoms with Crippen LogP contribution in [0.15, 0.2) is 71.2 Å². The molecule has 0 saturated heterocycles. The van der Waals surface area contributed by atoms with Gasteiger partial charge in [-0.3, -0.25) is 4.79 Å². The summed E-state index contributed by atoms with van der Waals surface area (Å²) in [5.74, 6) is -1.27. The highest BCUT2D eigenvalue weighted by atomic mass is 19.3. The van der Waals surface area contributed by atoms with Gasteiger partial charge in [-0.25, -0.2) is 9.18 Å². The largest absolute Gasteiger partial charge is 0.462 e. The lowest BCUT2D eigenvalue weighted by Gasteiger charge is -2.23. The van der Waals surface area contributed by atoms with E-state index in [0.717, 1.165) is 49.3 Å². The maximum Gasteiger partial charge on any atom is 0.338 e. The van der Waals surface area contributed by atoms with Crippen LogP contribution in [0.1, 0.15) is 64.0 Å². The van der Waals surface area contributed by atoms with E-state index in [1.807, 2.05) is 24.3 Å². The summed E-state index contributed by atoms with van der Waals surface area (Å²) in [6, 6.07) is 16.3. The van der Waals surface area contributed by atoms with Crippen LogP contribution in [0, 0.1) is 0 Å². The lowest BCUT2D eigenvalue weighted by Crippen LogP contribution is -2.23. The van der Waals surface area contributed by atoms with Crippen LogP contribution < -0.4 is 4.90 Å². The fourth-order valence-electron chi connectivity index (χ4n) is 3.66. The Hall–Kier alpha value is -4.07. The zero-order valence-corrected chi connectivity index (χ0v) is 20.5. The van der Waals surface area contributed by atoms with E-state index in [9.17, 15) is 22.8 Å². The summed E-state index contributed by atoms with van der Waals surface area (Å²) in [5, 5.41) is 0. The number of carbonyl (C=O) groups is 2. The molecular weight excluding hydrogens is 483 g/mol. The first-order valence-corrected chi connectivity index (χ1v) is 12.0. The van der Waals surface area contributed by atoms with Gasteiger partial charge < -0.3 is 14.1 Å². The predicted octanol–water partition coefficient (Wildman–Crippen LogP) is 7.65. The molecule has 0 aliphatic rings. The van der Waals surface area contributed by atoms with Gasteiger partial charge in [0.1, 0.15) is 5.76 Å². The van der Waals surface area contributed by atoms with Gasteiger partial charge in [0, 0.05) is 24.3 Å². The second-order valence-electron chi connectivity index (χ2n) is 8.21. The molecule has 8 heteroatoms. The van der Waals surface area contributed by atoms with Gasteiger partial charge in [0.25, 0.3) is 0 Å². The molecule has 1 heterocycles. The number of nitrogens with zero attached hydrogens (tertiary/aromatic N) is 1. The van der Waals surface area contributed by atoms with Crippen LogP contribution in [0.2, 0.25) is 0 Å². The molecule has 0 spiro atoms. The van der Waals surface area contributed by atoms with Crippen LogP contribution >= 0.6 is 0 Å². The van der Waals surface area contributed by atoms with Crippen LogP contribution in [0.5, 0.6) is 0 Å². The summed E-state index contributed by atoms with van der Waals surface area (Å²) >= 11 is 0. The minimum Gasteiger partial charge on any atom is -0.462 e. The molecule has 3 aromatic rings. The number of benzene rings is 2. The van der Waals surface area contributed by atoms with Crippen molar-refractivity contribution in [3.05, 3.63) is 95.0 Å². The molecule has 2 aromatic carbocycles. The third-order valence-corrected chi connectivity index (χ3v) is 5.69. The van der Waals surface area contributed by atoms with Crippen molar-refractivity contribution in [2.75, 3.05) is 24.6 Å². The van der Waals surface area contributed by atoms with E-state index in [0.29, 0.717) is 24.2 Å². The fourth-order valence-corrected chi connectivity index (χ4v) is 3.66. The number of esters is 1. The smallest absolute Gasteiger partial charge is 0.338 e. The molecule has 0 aliphatic carbocycles. The van der Waals surface area contributed by atoms with Crippen LogP contribution in [0.25, 0.3) is 18.0 Å². The van der Waals surface area contributed by atoms with Crippen molar-refractivity contribution in [3.8, 4) is 0 Å². The van der Waals surface area contributed by atoms with E-state index >= 15 is 0 Å². The molecule has 0 atom stereocenters. The molecular formula is C29H28F3NO4. The van der Waals surface area contributed by atoms with Crippen molar-refractivity contribution >= 4 is 35.9 Å². The maximum atomic E-state index is 13.2. The van der Waals surface area contributed by atoms with Crippen molar-refractivity contribution in [1.29, 1.82) is 0 Å². The molecule has 194 valence electrons. The Morgan fingerprint density at radius 2 is 1.54 bits per heavy atom. The number of hydrogen-bond acceptors (Lipinski definition) is 5. The molecule has 0 aliphatic heterocycles. The number of hydrogen-bond donors (Lipinski definition) is 0. The molecule has 0 bridgehead atoms. The molecule has 0 saturated carbocycles. The van der Waals surface area contributed by atoms with Gasteiger partial charge in [-0.2, -0.15) is 8.78 Å². The summed E-state index contributed by atoms with van der Waals surface area (Å²) < 4.78 is 48.4. The Morgan fingerprint density at radius 3 is 2.16 bits per heavy atom. The summed E-state index contributed by atoms with van der Waals surface area (Å²) in [6.07, 6.45) is 4.47. The van der Waals surface area contributed by atoms with Crippen molar-refractivity contribution < 1.29 is 31.9 Å². The number of aldehydes is 1. The van der Waals surface area contributed by atoms with Crippen LogP contribution in [0.3, 0.4) is 0 Å². The molecule has 3 rings (SSSR count). The fraction of sp³-hybridized carbons (Fsp3) is 0.241. The number of anilines is 1. The van der Waals surface area contributed by atoms with E-state index < -0.39 is 17.9 Å². The van der Waals surface area contributed by atoms with Gasteiger partial charge in [-0.05, 0) is 74.2 Å². The van der Waals surface area contributed by atoms with E-state index in [-0.39, 0.29) is 17.7 Å². The van der Waals surface area contributed by atoms with Crippen molar-refractivity contribution in [2.45, 2.75) is 26.2 Å². The van der Waals surface area contributed by atoms with Crippen molar-refractivity contribution in [1.82, 2.24) is 0 Å². The monoisotopic (exact) mass is 511 g/mol. The zero-order chi connectivity index (χ0) is 26.6. The van der Waals surface area contributed by atoms with Gasteiger partial charge in [-0.1, -0.05) is 30.3 Å². The third-order valence-electron chi connectivity index (χ3n) is 5.69. The summed E-state index contributed by atoms with van der Waals surface area (Å²) in [5.41, 5.74) is 2.01. The molecule has 0 N–H and O–H groups in total. The van der Waals surface area contributed by atoms with Crippen LogP contribution in [-0.2, 0) is 4.74 Å². The Kier molecular flexibility index (Phi) is 10.3. The summed E-state index contributed by atoms with van der Waals surface area (Å²) in [4.78, 5) is 25.1. The zero-order valence-electron chi connectivity index (χ0n) is 20.5. The van der Waals surface area contributed by atoms with Gasteiger partial charge >= 0.3 is 12.0 Å². The van der Waals surface area contributed by atoms with E-state index in [4.69, 9.17) is 9.15 Å². The molecule has 37 heavy (non-hydrogen) atoms. The number of unbranched alkanes of at least 4 members (excludes halogenated alkanes) is 2. The first kappa shape index (κ1) is 27.5. The summed E-state index contributed by atoms with van der Waals surface area (Å²) in [7, 11) is 0. The number of halogens is 3. The van der Waals surface area contributed by atoms with Crippen LogP contribution in [-0.4, -0.2) is 32.0 Å². The SMILES string of the molecule is CCN(CCCCCOC(=O)c1ccc(C(F)=C(F)F)cc1)c1ccc(C=Cc2ccc(C=O)o2)cc1. The molecule has 1 aromatic heterocycles. The average Bonchev–Trinajstić information content (AvgIpc) is 3.39. The Morgan fingerprint density at radius 1 is 0.865 bits per heavy atom. The van der Waals surface area contributed by atoms with Crippen LogP contribution in [0.4, 0.5) is 18.9 Å². The summed E-state index contributed by atoms with van der Waals surface area (Å²) in [6.45, 7) is 4.03. The van der Waals surface area contributed by atoms with Crippen molar-refractivity contribution in [2.24, 2.45) is 0 Å². The number of rotatable bonds is 13. The first-order chi connectivity index (χ1) is 17.9. The van der Waals surface area contributed by atoms with Crippen molar-refractivity contribution in [3.63, 3.8) is 0 Å². The van der Waals surface area contributed by atoms with E-state index in [1.54, 1.807) is 12.1 Å². The molecule has 0 amide bonds. The van der Waals surface area contributed by atoms with E-state index in [2.05, 4.69) is 24.0 Å². The minimum absolute atomic E-state index is 0.182. The molecule has 0 unspecified atom stereocenters. The number of ether oxygens (including phenoxy) is 1. The van der Waals surface area contributed by atoms with Gasteiger partial charge in [-0.15, -0.1) is 0 Å². The maximum absolute atomic E-state index is 13.2. The quantitative estimate of drug-likeness (QED) is 0.134. The molecule has 5 nitrogen and oxygen atoms in total. The highest BCUT2D eigenvalue weighted by Crippen LogP contribution is 2.22. The molecule has 0 radical (unpaired) electrons. The predicted molar refractivity (Wildman–Crippen MR) is 138 cm³/mol. The second-order valence-corrected chi connectivity index (χ2v) is 8.21. The topological polar surface area (TPSA) is 59.8 Å². The van der Waals surface area contributed by atoms with E-state index in [1.165, 1.54) is 12.1 Å². The van der Waals surface area contributed by atoms with Gasteiger partial charge in [0.2, 0.25) is 0 Å². The first-order valence-electron chi connectivity index (χ1n) is 12.0. The third kappa shape index (κ3) is 8.24. The van der Waals surface area contributed by atoms with Gasteiger partial charge in [0.15, 0.2) is 17.9 Å². The Bertz CT molecular complexity index is 1230. The minimum atomic E-state index is -2.40. The second kappa shape index (κ2) is 13.9. The normalized spacial score (nSPS) is 10.9. The number of carbonyl (C=O) groups excluding carboxylic acids is 2. The standard InChI is InChI=1S/C29H28F3NO4/c1-2-33(24-13-6-21(7-14-24)8-15-25-16-17-26(20-34)37-25)18-4-3-5-19-36-29(35)23-11-9-22(10-12-23)27(30)28(31)32/h6-17,20H,2-5,18-19H2,1H3. The average molecular weight is 512 g/mol. The highest BCUT2D eigenvalue weighted by molar-refractivity contribution is 5.89.